The maximum Gasteiger partial charge on any atom is 0.231 e. The van der Waals surface area contributed by atoms with Gasteiger partial charge in [0, 0.05) is 29.7 Å². The van der Waals surface area contributed by atoms with Gasteiger partial charge < -0.3 is 14.7 Å². The van der Waals surface area contributed by atoms with Gasteiger partial charge in [-0.25, -0.2) is 0 Å². The van der Waals surface area contributed by atoms with Gasteiger partial charge in [-0.15, -0.1) is 0 Å². The van der Waals surface area contributed by atoms with Crippen molar-refractivity contribution in [3.05, 3.63) is 40.6 Å². The van der Waals surface area contributed by atoms with E-state index in [1.807, 2.05) is 13.0 Å². The maximum absolute atomic E-state index is 12.3. The molecule has 0 bridgehead atoms. The SMILES string of the molecule is Cc1cc(NC(=O)[C@@H]2CC(=O)N(c3cccc(Cl)c3C)C2)no1. The lowest BCUT2D eigenvalue weighted by molar-refractivity contribution is -0.122. The topological polar surface area (TPSA) is 75.4 Å². The molecule has 1 fully saturated rings. The Labute approximate surface area is 138 Å². The Hall–Kier alpha value is -2.34. The van der Waals surface area contributed by atoms with Crippen molar-refractivity contribution in [1.29, 1.82) is 0 Å². The molecule has 2 aromatic rings. The van der Waals surface area contributed by atoms with Crippen molar-refractivity contribution in [2.24, 2.45) is 5.92 Å². The van der Waals surface area contributed by atoms with Gasteiger partial charge in [0.1, 0.15) is 5.76 Å². The fraction of sp³-hybridized carbons (Fsp3) is 0.312. The van der Waals surface area contributed by atoms with Crippen molar-refractivity contribution in [1.82, 2.24) is 5.16 Å². The average Bonchev–Trinajstić information content (AvgIpc) is 3.08. The minimum atomic E-state index is -0.433. The quantitative estimate of drug-likeness (QED) is 0.937. The molecule has 120 valence electrons. The van der Waals surface area contributed by atoms with Crippen LogP contribution in [0.25, 0.3) is 0 Å². The third-order valence-corrected chi connectivity index (χ3v) is 4.31. The highest BCUT2D eigenvalue weighted by molar-refractivity contribution is 6.31. The Balaban J connectivity index is 1.74. The molecule has 0 radical (unpaired) electrons. The van der Waals surface area contributed by atoms with Crippen LogP contribution >= 0.6 is 11.6 Å². The lowest BCUT2D eigenvalue weighted by Gasteiger charge is -2.19. The summed E-state index contributed by atoms with van der Waals surface area (Å²) in [4.78, 5) is 26.2. The van der Waals surface area contributed by atoms with E-state index in [0.717, 1.165) is 11.3 Å². The molecule has 1 aliphatic heterocycles. The summed E-state index contributed by atoms with van der Waals surface area (Å²) in [6.07, 6.45) is 0.161. The second-order valence-corrected chi connectivity index (χ2v) is 6.01. The van der Waals surface area contributed by atoms with E-state index >= 15 is 0 Å². The molecule has 23 heavy (non-hydrogen) atoms. The molecule has 0 unspecified atom stereocenters. The van der Waals surface area contributed by atoms with Gasteiger partial charge in [0.2, 0.25) is 11.8 Å². The van der Waals surface area contributed by atoms with Gasteiger partial charge in [-0.05, 0) is 31.5 Å². The molecule has 0 spiro atoms. The predicted octanol–water partition coefficient (Wildman–Crippen LogP) is 2.94. The fourth-order valence-corrected chi connectivity index (χ4v) is 2.83. The number of anilines is 2. The standard InChI is InChI=1S/C16H16ClN3O3/c1-9-6-14(19-23-9)18-16(22)11-7-15(21)20(8-11)13-5-3-4-12(17)10(13)2/h3-6,11H,7-8H2,1-2H3,(H,18,19,22)/t11-/m1/s1. The van der Waals surface area contributed by atoms with Crippen LogP contribution in [-0.2, 0) is 9.59 Å². The van der Waals surface area contributed by atoms with E-state index in [1.165, 1.54) is 0 Å². The molecule has 1 aliphatic rings. The first-order valence-electron chi connectivity index (χ1n) is 7.25. The van der Waals surface area contributed by atoms with Crippen LogP contribution in [0, 0.1) is 19.8 Å². The summed E-state index contributed by atoms with van der Waals surface area (Å²) < 4.78 is 4.91. The van der Waals surface area contributed by atoms with Crippen molar-refractivity contribution >= 4 is 34.9 Å². The molecule has 1 aromatic heterocycles. The van der Waals surface area contributed by atoms with Crippen molar-refractivity contribution in [3.8, 4) is 0 Å². The van der Waals surface area contributed by atoms with Crippen LogP contribution in [0.2, 0.25) is 5.02 Å². The van der Waals surface area contributed by atoms with Crippen LogP contribution in [-0.4, -0.2) is 23.5 Å². The number of hydrogen-bond donors (Lipinski definition) is 1. The molecule has 6 nitrogen and oxygen atoms in total. The van der Waals surface area contributed by atoms with Crippen LogP contribution in [0.1, 0.15) is 17.7 Å². The van der Waals surface area contributed by atoms with Gasteiger partial charge in [0.15, 0.2) is 5.82 Å². The average molecular weight is 334 g/mol. The molecule has 0 aliphatic carbocycles. The van der Waals surface area contributed by atoms with E-state index < -0.39 is 5.92 Å². The Morgan fingerprint density at radius 1 is 1.43 bits per heavy atom. The minimum absolute atomic E-state index is 0.0909. The largest absolute Gasteiger partial charge is 0.360 e. The van der Waals surface area contributed by atoms with Gasteiger partial charge in [-0.3, -0.25) is 9.59 Å². The van der Waals surface area contributed by atoms with Crippen molar-refractivity contribution in [2.45, 2.75) is 20.3 Å². The number of benzene rings is 1. The summed E-state index contributed by atoms with van der Waals surface area (Å²) in [5.74, 6) is 0.204. The first-order chi connectivity index (χ1) is 11.0. The van der Waals surface area contributed by atoms with E-state index in [2.05, 4.69) is 10.5 Å². The Kier molecular flexibility index (Phi) is 4.09. The summed E-state index contributed by atoms with van der Waals surface area (Å²) in [5, 5.41) is 7.00. The van der Waals surface area contributed by atoms with Crippen LogP contribution < -0.4 is 10.2 Å². The number of carbonyl (C=O) groups excluding carboxylic acids is 2. The number of rotatable bonds is 3. The zero-order valence-electron chi connectivity index (χ0n) is 12.8. The molecule has 1 N–H and O–H groups in total. The minimum Gasteiger partial charge on any atom is -0.360 e. The molecule has 2 amide bonds. The van der Waals surface area contributed by atoms with Gasteiger partial charge in [0.05, 0.1) is 5.92 Å². The highest BCUT2D eigenvalue weighted by Crippen LogP contribution is 2.31. The van der Waals surface area contributed by atoms with Crippen LogP contribution in [0.4, 0.5) is 11.5 Å². The highest BCUT2D eigenvalue weighted by Gasteiger charge is 2.36. The number of carbonyl (C=O) groups is 2. The number of halogens is 1. The Morgan fingerprint density at radius 2 is 2.22 bits per heavy atom. The number of hydrogen-bond acceptors (Lipinski definition) is 4. The normalized spacial score (nSPS) is 17.6. The summed E-state index contributed by atoms with van der Waals surface area (Å²) in [5.41, 5.74) is 1.57. The number of amides is 2. The smallest absolute Gasteiger partial charge is 0.231 e. The van der Waals surface area contributed by atoms with Crippen LogP contribution in [0.5, 0.6) is 0 Å². The first kappa shape index (κ1) is 15.6. The monoisotopic (exact) mass is 333 g/mol. The number of nitrogens with one attached hydrogen (secondary N) is 1. The predicted molar refractivity (Wildman–Crippen MR) is 86.5 cm³/mol. The highest BCUT2D eigenvalue weighted by atomic mass is 35.5. The van der Waals surface area contributed by atoms with Gasteiger partial charge >= 0.3 is 0 Å². The van der Waals surface area contributed by atoms with E-state index in [1.54, 1.807) is 30.0 Å². The van der Waals surface area contributed by atoms with Crippen molar-refractivity contribution < 1.29 is 14.1 Å². The lowest BCUT2D eigenvalue weighted by Crippen LogP contribution is -2.28. The summed E-state index contributed by atoms with van der Waals surface area (Å²) in [6, 6.07) is 7.04. The summed E-state index contributed by atoms with van der Waals surface area (Å²) in [6.45, 7) is 3.92. The van der Waals surface area contributed by atoms with Crippen LogP contribution in [0.3, 0.4) is 0 Å². The zero-order valence-corrected chi connectivity index (χ0v) is 13.6. The molecular weight excluding hydrogens is 318 g/mol. The summed E-state index contributed by atoms with van der Waals surface area (Å²) >= 11 is 6.11. The molecule has 3 rings (SSSR count). The third kappa shape index (κ3) is 3.07. The second-order valence-electron chi connectivity index (χ2n) is 5.60. The molecule has 1 saturated heterocycles. The molecule has 1 atom stereocenters. The van der Waals surface area contributed by atoms with E-state index in [9.17, 15) is 9.59 Å². The summed E-state index contributed by atoms with van der Waals surface area (Å²) in [7, 11) is 0. The van der Waals surface area contributed by atoms with Crippen molar-refractivity contribution in [2.75, 3.05) is 16.8 Å². The maximum atomic E-state index is 12.3. The third-order valence-electron chi connectivity index (χ3n) is 3.90. The molecule has 0 saturated carbocycles. The molecule has 2 heterocycles. The molecule has 1 aromatic carbocycles. The Morgan fingerprint density at radius 3 is 2.91 bits per heavy atom. The van der Waals surface area contributed by atoms with Gasteiger partial charge in [-0.2, -0.15) is 0 Å². The van der Waals surface area contributed by atoms with E-state index in [-0.39, 0.29) is 18.2 Å². The molecule has 7 heteroatoms. The lowest BCUT2D eigenvalue weighted by atomic mass is 10.1. The number of nitrogens with zero attached hydrogens (tertiary/aromatic N) is 2. The fourth-order valence-electron chi connectivity index (χ4n) is 2.66. The number of aromatic nitrogens is 1. The second kappa shape index (κ2) is 6.04. The molecular formula is C16H16ClN3O3. The van der Waals surface area contributed by atoms with E-state index in [4.69, 9.17) is 16.1 Å². The van der Waals surface area contributed by atoms with Gasteiger partial charge in [0.25, 0.3) is 0 Å². The van der Waals surface area contributed by atoms with Crippen LogP contribution in [0.15, 0.2) is 28.8 Å². The van der Waals surface area contributed by atoms with E-state index in [0.29, 0.717) is 23.1 Å². The van der Waals surface area contributed by atoms with Crippen molar-refractivity contribution in [3.63, 3.8) is 0 Å². The Bertz CT molecular complexity index is 772. The van der Waals surface area contributed by atoms with Gasteiger partial charge in [-0.1, -0.05) is 22.8 Å². The number of aryl methyl sites for hydroxylation is 1. The first-order valence-corrected chi connectivity index (χ1v) is 7.63. The zero-order chi connectivity index (χ0) is 16.6.